The minimum absolute atomic E-state index is 0.0461. The Morgan fingerprint density at radius 3 is 2.12 bits per heavy atom. The molecule has 4 nitrogen and oxygen atoms in total. The van der Waals surface area contributed by atoms with E-state index < -0.39 is 52.9 Å². The van der Waals surface area contributed by atoms with Gasteiger partial charge in [0.15, 0.2) is 0 Å². The van der Waals surface area contributed by atoms with Gasteiger partial charge in [-0.05, 0) is 59.7 Å². The smallest absolute Gasteiger partial charge is 0.322 e. The molecule has 4 rings (SSSR count). The number of carbonyl (C=O) groups is 1. The van der Waals surface area contributed by atoms with Gasteiger partial charge in [-0.25, -0.2) is 9.18 Å². The highest BCUT2D eigenvalue weighted by atomic mass is 35.5. The Morgan fingerprint density at radius 2 is 1.52 bits per heavy atom. The molecule has 12 heteroatoms. The van der Waals surface area contributed by atoms with Crippen molar-refractivity contribution in [3.8, 4) is 0 Å². The molecule has 1 heterocycles. The molecule has 1 atom stereocenters. The summed E-state index contributed by atoms with van der Waals surface area (Å²) in [5.74, 6) is -0.704. The molecule has 208 valence electrons. The van der Waals surface area contributed by atoms with Crippen molar-refractivity contribution in [2.75, 3.05) is 5.32 Å². The van der Waals surface area contributed by atoms with E-state index >= 15 is 0 Å². The molecule has 0 aliphatic carbocycles. The Balaban J connectivity index is 2.01. The van der Waals surface area contributed by atoms with Gasteiger partial charge in [0.1, 0.15) is 11.4 Å². The molecule has 0 saturated carbocycles. The molecule has 2 amide bonds. The van der Waals surface area contributed by atoms with Crippen LogP contribution in [0.1, 0.15) is 27.9 Å². The summed E-state index contributed by atoms with van der Waals surface area (Å²) in [5.41, 5.74) is -5.89. The minimum Gasteiger partial charge on any atom is -0.322 e. The summed E-state index contributed by atoms with van der Waals surface area (Å²) in [7, 11) is 0. The second-order valence-electron chi connectivity index (χ2n) is 8.77. The zero-order chi connectivity index (χ0) is 29.1. The van der Waals surface area contributed by atoms with Gasteiger partial charge >= 0.3 is 18.4 Å². The number of amides is 2. The molecule has 0 saturated heterocycles. The number of pyridine rings is 1. The third kappa shape index (κ3) is 6.53. The largest absolute Gasteiger partial charge is 0.416 e. The lowest BCUT2D eigenvalue weighted by Crippen LogP contribution is -2.51. The number of alkyl halides is 6. The summed E-state index contributed by atoms with van der Waals surface area (Å²) in [4.78, 5) is 17.4. The number of nitrogens with zero attached hydrogens (tertiary/aromatic N) is 1. The third-order valence-electron chi connectivity index (χ3n) is 6.00. The quantitative estimate of drug-likeness (QED) is 0.225. The Hall–Kier alpha value is -4.12. The third-order valence-corrected chi connectivity index (χ3v) is 6.22. The van der Waals surface area contributed by atoms with Crippen LogP contribution in [0.3, 0.4) is 0 Å². The van der Waals surface area contributed by atoms with Crippen LogP contribution in [0.25, 0.3) is 0 Å². The second-order valence-corrected chi connectivity index (χ2v) is 9.21. The molecule has 0 fully saturated rings. The fraction of sp³-hybridized carbons (Fsp3) is 0.143. The number of hydrogen-bond donors (Lipinski definition) is 2. The summed E-state index contributed by atoms with van der Waals surface area (Å²) >= 11 is 5.96. The Kier molecular flexibility index (Phi) is 8.06. The van der Waals surface area contributed by atoms with E-state index in [1.165, 1.54) is 36.4 Å². The number of rotatable bonds is 6. The number of carbonyl (C=O) groups excluding carboxylic acids is 1. The van der Waals surface area contributed by atoms with E-state index in [1.807, 2.05) is 0 Å². The average molecular weight is 582 g/mol. The van der Waals surface area contributed by atoms with E-state index in [1.54, 1.807) is 18.2 Å². The van der Waals surface area contributed by atoms with Crippen LogP contribution >= 0.6 is 11.6 Å². The van der Waals surface area contributed by atoms with Crippen molar-refractivity contribution in [1.82, 2.24) is 10.3 Å². The predicted molar refractivity (Wildman–Crippen MR) is 135 cm³/mol. The van der Waals surface area contributed by atoms with Gasteiger partial charge < -0.3 is 10.6 Å². The van der Waals surface area contributed by atoms with E-state index in [4.69, 9.17) is 11.6 Å². The first-order chi connectivity index (χ1) is 18.8. The maximum atomic E-state index is 14.4. The van der Waals surface area contributed by atoms with Crippen LogP contribution in [-0.4, -0.2) is 11.0 Å². The summed E-state index contributed by atoms with van der Waals surface area (Å²) in [6.45, 7) is 0. The highest BCUT2D eigenvalue weighted by Gasteiger charge is 2.46. The van der Waals surface area contributed by atoms with Gasteiger partial charge in [0.25, 0.3) is 0 Å². The fourth-order valence-electron chi connectivity index (χ4n) is 4.27. The molecular formula is C28H19ClF7N3O. The van der Waals surface area contributed by atoms with Gasteiger partial charge in [-0.1, -0.05) is 48.0 Å². The van der Waals surface area contributed by atoms with Crippen molar-refractivity contribution in [2.24, 2.45) is 0 Å². The van der Waals surface area contributed by atoms with Crippen LogP contribution in [0, 0.1) is 5.82 Å². The first-order valence-electron chi connectivity index (χ1n) is 11.6. The van der Waals surface area contributed by atoms with Gasteiger partial charge in [-0.3, -0.25) is 4.98 Å². The van der Waals surface area contributed by atoms with Gasteiger partial charge in [0.2, 0.25) is 0 Å². The molecule has 3 aromatic carbocycles. The van der Waals surface area contributed by atoms with Gasteiger partial charge in [-0.2, -0.15) is 26.3 Å². The summed E-state index contributed by atoms with van der Waals surface area (Å²) in [6, 6.07) is 14.9. The Labute approximate surface area is 228 Å². The molecule has 40 heavy (non-hydrogen) atoms. The molecule has 0 unspecified atom stereocenters. The van der Waals surface area contributed by atoms with Gasteiger partial charge in [0.05, 0.1) is 21.8 Å². The van der Waals surface area contributed by atoms with E-state index in [0.29, 0.717) is 23.8 Å². The SMILES string of the molecule is O=C(Nc1cccc(F)c1)N[C@@](Cc1ccccc1)(c1ccc(Cl)cn1)c1cc(C(F)(F)F)ccc1C(F)(F)F. The summed E-state index contributed by atoms with van der Waals surface area (Å²) in [6.07, 6.45) is -9.46. The van der Waals surface area contributed by atoms with Crippen LogP contribution in [-0.2, 0) is 24.3 Å². The fourth-order valence-corrected chi connectivity index (χ4v) is 4.38. The van der Waals surface area contributed by atoms with Gasteiger partial charge in [0, 0.05) is 18.3 Å². The molecule has 0 spiro atoms. The van der Waals surface area contributed by atoms with Crippen molar-refractivity contribution < 1.29 is 35.5 Å². The first kappa shape index (κ1) is 28.9. The van der Waals surface area contributed by atoms with E-state index in [0.717, 1.165) is 18.3 Å². The Bertz CT molecular complexity index is 1490. The van der Waals surface area contributed by atoms with Crippen LogP contribution in [0.2, 0.25) is 5.02 Å². The lowest BCUT2D eigenvalue weighted by Gasteiger charge is -2.37. The number of halogens is 8. The standard InChI is InChI=1S/C28H19ClF7N3O/c29-19-10-12-24(37-16-19)26(15-17-5-2-1-3-6-17,39-25(40)38-21-8-4-7-20(30)14-21)23-13-18(27(31,32)33)9-11-22(23)28(34,35)36/h1-14,16H,15H2,(H2,38,39,40)/t26-/m1/s1. The van der Waals surface area contributed by atoms with Crippen molar-refractivity contribution in [3.63, 3.8) is 0 Å². The van der Waals surface area contributed by atoms with E-state index in [2.05, 4.69) is 15.6 Å². The summed E-state index contributed by atoms with van der Waals surface area (Å²) < 4.78 is 98.2. The number of hydrogen-bond acceptors (Lipinski definition) is 2. The molecular weight excluding hydrogens is 563 g/mol. The molecule has 0 aliphatic heterocycles. The zero-order valence-electron chi connectivity index (χ0n) is 20.2. The van der Waals surface area contributed by atoms with Crippen LogP contribution < -0.4 is 10.6 Å². The molecule has 0 radical (unpaired) electrons. The number of nitrogens with one attached hydrogen (secondary N) is 2. The van der Waals surface area contributed by atoms with Crippen molar-refractivity contribution in [3.05, 3.63) is 130 Å². The lowest BCUT2D eigenvalue weighted by atomic mass is 9.77. The van der Waals surface area contributed by atoms with E-state index in [9.17, 15) is 35.5 Å². The lowest BCUT2D eigenvalue weighted by molar-refractivity contribution is -0.142. The van der Waals surface area contributed by atoms with Crippen LogP contribution in [0.5, 0.6) is 0 Å². The van der Waals surface area contributed by atoms with Crippen LogP contribution in [0.15, 0.2) is 91.1 Å². The van der Waals surface area contributed by atoms with E-state index in [-0.39, 0.29) is 16.4 Å². The topological polar surface area (TPSA) is 54.0 Å². The molecule has 2 N–H and O–H groups in total. The van der Waals surface area contributed by atoms with Crippen molar-refractivity contribution >= 4 is 23.3 Å². The average Bonchev–Trinajstić information content (AvgIpc) is 2.88. The molecule has 0 aliphatic rings. The number of aromatic nitrogens is 1. The van der Waals surface area contributed by atoms with Crippen molar-refractivity contribution in [1.29, 1.82) is 0 Å². The normalized spacial score (nSPS) is 13.4. The zero-order valence-corrected chi connectivity index (χ0v) is 21.0. The van der Waals surface area contributed by atoms with Crippen molar-refractivity contribution in [2.45, 2.75) is 24.3 Å². The highest BCUT2D eigenvalue weighted by Crippen LogP contribution is 2.44. The number of urea groups is 1. The van der Waals surface area contributed by atoms with Gasteiger partial charge in [-0.15, -0.1) is 0 Å². The minimum atomic E-state index is -5.12. The first-order valence-corrected chi connectivity index (χ1v) is 12.0. The maximum Gasteiger partial charge on any atom is 0.416 e. The summed E-state index contributed by atoms with van der Waals surface area (Å²) in [5, 5.41) is 4.87. The predicted octanol–water partition coefficient (Wildman–Crippen LogP) is 8.22. The molecule has 1 aromatic heterocycles. The number of anilines is 1. The monoisotopic (exact) mass is 581 g/mol. The highest BCUT2D eigenvalue weighted by molar-refractivity contribution is 6.30. The molecule has 0 bridgehead atoms. The second kappa shape index (κ2) is 11.2. The maximum absolute atomic E-state index is 14.4. The Morgan fingerprint density at radius 1 is 0.800 bits per heavy atom. The number of benzene rings is 3. The van der Waals surface area contributed by atoms with Crippen LogP contribution in [0.4, 0.5) is 41.2 Å². The molecule has 4 aromatic rings.